The molecule has 1 unspecified atom stereocenters. The van der Waals surface area contributed by atoms with Crippen molar-refractivity contribution in [2.75, 3.05) is 0 Å². The first-order valence-electron chi connectivity index (χ1n) is 7.56. The van der Waals surface area contributed by atoms with Gasteiger partial charge in [-0.25, -0.2) is 13.0 Å². The minimum atomic E-state index is -1.96. The van der Waals surface area contributed by atoms with Crippen molar-refractivity contribution in [1.29, 1.82) is 10.5 Å². The molecule has 4 nitrogen and oxygen atoms in total. The number of ketones is 1. The molecule has 0 aliphatic rings. The second kappa shape index (κ2) is 8.79. The number of nitriles is 2. The SMILES string of the molecule is CC(=O)/C=C(\c1ccc(C#N)cc1F)S(=O)C=Cc1ccc(C#N)cc1F. The van der Waals surface area contributed by atoms with Crippen LogP contribution < -0.4 is 0 Å². The summed E-state index contributed by atoms with van der Waals surface area (Å²) in [6.45, 7) is 1.22. The highest BCUT2D eigenvalue weighted by atomic mass is 32.2. The molecule has 0 saturated carbocycles. The molecule has 2 aromatic carbocycles. The molecule has 27 heavy (non-hydrogen) atoms. The Morgan fingerprint density at radius 3 is 2.15 bits per heavy atom. The Kier molecular flexibility index (Phi) is 6.48. The lowest BCUT2D eigenvalue weighted by atomic mass is 10.1. The third-order valence-electron chi connectivity index (χ3n) is 3.42. The van der Waals surface area contributed by atoms with Gasteiger partial charge in [0.05, 0.1) is 39.0 Å². The molecule has 0 aromatic heterocycles. The maximum absolute atomic E-state index is 14.3. The summed E-state index contributed by atoms with van der Waals surface area (Å²) in [5, 5.41) is 18.7. The average Bonchev–Trinajstić information content (AvgIpc) is 2.64. The van der Waals surface area contributed by atoms with Gasteiger partial charge >= 0.3 is 0 Å². The number of hydrogen-bond acceptors (Lipinski definition) is 4. The van der Waals surface area contributed by atoms with Gasteiger partial charge in [-0.15, -0.1) is 0 Å². The van der Waals surface area contributed by atoms with Gasteiger partial charge in [0.15, 0.2) is 5.78 Å². The van der Waals surface area contributed by atoms with Gasteiger partial charge in [-0.2, -0.15) is 10.5 Å². The minimum absolute atomic E-state index is 0.0828. The topological polar surface area (TPSA) is 81.7 Å². The first-order valence-corrected chi connectivity index (χ1v) is 8.77. The van der Waals surface area contributed by atoms with Crippen LogP contribution in [0.1, 0.15) is 29.2 Å². The number of benzene rings is 2. The van der Waals surface area contributed by atoms with Crippen molar-refractivity contribution in [3.63, 3.8) is 0 Å². The maximum Gasteiger partial charge on any atom is 0.153 e. The molecule has 0 radical (unpaired) electrons. The van der Waals surface area contributed by atoms with Gasteiger partial charge in [0, 0.05) is 16.5 Å². The van der Waals surface area contributed by atoms with Crippen LogP contribution in [-0.4, -0.2) is 9.99 Å². The number of allylic oxidation sites excluding steroid dienone is 1. The largest absolute Gasteiger partial charge is 0.295 e. The lowest BCUT2D eigenvalue weighted by Gasteiger charge is -2.07. The summed E-state index contributed by atoms with van der Waals surface area (Å²) < 4.78 is 40.8. The van der Waals surface area contributed by atoms with E-state index in [1.807, 2.05) is 0 Å². The van der Waals surface area contributed by atoms with Crippen LogP contribution in [0.25, 0.3) is 11.0 Å². The van der Waals surface area contributed by atoms with Crippen LogP contribution in [0.5, 0.6) is 0 Å². The first kappa shape index (κ1) is 19.9. The predicted molar refractivity (Wildman–Crippen MR) is 98.1 cm³/mol. The Balaban J connectivity index is 2.41. The van der Waals surface area contributed by atoms with Gasteiger partial charge in [-0.3, -0.25) is 4.79 Å². The van der Waals surface area contributed by atoms with E-state index in [4.69, 9.17) is 10.5 Å². The van der Waals surface area contributed by atoms with Crippen molar-refractivity contribution in [2.24, 2.45) is 0 Å². The smallest absolute Gasteiger partial charge is 0.153 e. The summed E-state index contributed by atoms with van der Waals surface area (Å²) in [4.78, 5) is 11.4. The van der Waals surface area contributed by atoms with Gasteiger partial charge in [-0.05, 0) is 49.4 Å². The van der Waals surface area contributed by atoms with Crippen LogP contribution in [0, 0.1) is 34.3 Å². The fourth-order valence-electron chi connectivity index (χ4n) is 2.15. The summed E-state index contributed by atoms with van der Waals surface area (Å²) in [6.07, 6.45) is 2.25. The normalized spacial score (nSPS) is 12.4. The van der Waals surface area contributed by atoms with E-state index in [0.717, 1.165) is 23.6 Å². The van der Waals surface area contributed by atoms with Crippen LogP contribution in [0.4, 0.5) is 8.78 Å². The number of halogens is 2. The molecule has 0 aliphatic carbocycles. The van der Waals surface area contributed by atoms with Crippen LogP contribution in [-0.2, 0) is 15.6 Å². The Morgan fingerprint density at radius 1 is 1.04 bits per heavy atom. The van der Waals surface area contributed by atoms with Crippen molar-refractivity contribution >= 4 is 27.6 Å². The minimum Gasteiger partial charge on any atom is -0.295 e. The lowest BCUT2D eigenvalue weighted by Crippen LogP contribution is -1.99. The van der Waals surface area contributed by atoms with Gasteiger partial charge in [0.25, 0.3) is 0 Å². The van der Waals surface area contributed by atoms with E-state index in [2.05, 4.69) is 0 Å². The molecule has 0 saturated heterocycles. The third kappa shape index (κ3) is 5.04. The van der Waals surface area contributed by atoms with Crippen molar-refractivity contribution in [3.05, 3.63) is 81.8 Å². The summed E-state index contributed by atoms with van der Waals surface area (Å²) >= 11 is 0. The van der Waals surface area contributed by atoms with Crippen molar-refractivity contribution in [1.82, 2.24) is 0 Å². The van der Waals surface area contributed by atoms with Crippen molar-refractivity contribution in [2.45, 2.75) is 6.92 Å². The second-order valence-electron chi connectivity index (χ2n) is 5.37. The zero-order valence-electron chi connectivity index (χ0n) is 14.1. The molecule has 0 spiro atoms. The quantitative estimate of drug-likeness (QED) is 0.731. The van der Waals surface area contributed by atoms with Crippen LogP contribution >= 0.6 is 0 Å². The Bertz CT molecular complexity index is 1080. The van der Waals surface area contributed by atoms with E-state index in [1.165, 1.54) is 37.3 Å². The van der Waals surface area contributed by atoms with Gasteiger partial charge in [0.1, 0.15) is 11.6 Å². The van der Waals surface area contributed by atoms with Crippen LogP contribution in [0.15, 0.2) is 47.9 Å². The summed E-state index contributed by atoms with van der Waals surface area (Å²) in [5.74, 6) is -1.92. The van der Waals surface area contributed by atoms with Gasteiger partial charge in [0.2, 0.25) is 0 Å². The fourth-order valence-corrected chi connectivity index (χ4v) is 3.23. The third-order valence-corrected chi connectivity index (χ3v) is 4.57. The predicted octanol–water partition coefficient (Wildman–Crippen LogP) is 4.06. The molecule has 0 amide bonds. The molecule has 1 atom stereocenters. The zero-order chi connectivity index (χ0) is 20.0. The number of hydrogen-bond donors (Lipinski definition) is 0. The maximum atomic E-state index is 14.3. The number of nitrogens with zero attached hydrogens (tertiary/aromatic N) is 2. The highest BCUT2D eigenvalue weighted by Crippen LogP contribution is 2.24. The lowest BCUT2D eigenvalue weighted by molar-refractivity contribution is -0.112. The van der Waals surface area contributed by atoms with Gasteiger partial charge in [-0.1, -0.05) is 6.07 Å². The van der Waals surface area contributed by atoms with E-state index >= 15 is 0 Å². The highest BCUT2D eigenvalue weighted by molar-refractivity contribution is 7.97. The molecular weight excluding hydrogens is 370 g/mol. The molecular formula is C20H12F2N2O2S. The first-order chi connectivity index (χ1) is 12.8. The molecule has 0 fully saturated rings. The van der Waals surface area contributed by atoms with Gasteiger partial charge < -0.3 is 0 Å². The van der Waals surface area contributed by atoms with Crippen LogP contribution in [0.2, 0.25) is 0 Å². The number of carbonyl (C=O) groups is 1. The summed E-state index contributed by atoms with van der Waals surface area (Å²) in [5.41, 5.74) is 0.222. The van der Waals surface area contributed by atoms with E-state index in [-0.39, 0.29) is 27.2 Å². The van der Waals surface area contributed by atoms with Crippen molar-refractivity contribution in [3.8, 4) is 12.1 Å². The molecule has 0 bridgehead atoms. The Morgan fingerprint density at radius 2 is 1.63 bits per heavy atom. The molecule has 134 valence electrons. The number of rotatable bonds is 5. The number of carbonyl (C=O) groups excluding carboxylic acids is 1. The van der Waals surface area contributed by atoms with Crippen LogP contribution in [0.3, 0.4) is 0 Å². The summed E-state index contributed by atoms with van der Waals surface area (Å²) in [7, 11) is -1.96. The van der Waals surface area contributed by atoms with E-state index in [9.17, 15) is 17.8 Å². The van der Waals surface area contributed by atoms with Crippen molar-refractivity contribution < 1.29 is 17.8 Å². The monoisotopic (exact) mass is 382 g/mol. The molecule has 7 heteroatoms. The average molecular weight is 382 g/mol. The second-order valence-corrected chi connectivity index (χ2v) is 6.68. The standard InChI is InChI=1S/C20H12F2N2O2S/c1-13(25)8-20(17-5-3-15(12-24)10-19(17)22)27(26)7-6-16-4-2-14(11-23)9-18(16)21/h2-10H,1H3/b7-6?,20-8+. The van der Waals surface area contributed by atoms with E-state index in [1.54, 1.807) is 12.1 Å². The fraction of sp³-hybridized carbons (Fsp3) is 0.0500. The highest BCUT2D eigenvalue weighted by Gasteiger charge is 2.15. The molecule has 0 heterocycles. The Labute approximate surface area is 157 Å². The van der Waals surface area contributed by atoms with E-state index in [0.29, 0.717) is 0 Å². The molecule has 0 N–H and O–H groups in total. The summed E-state index contributed by atoms with van der Waals surface area (Å²) in [6, 6.07) is 10.9. The molecule has 2 rings (SSSR count). The Hall–Kier alpha value is -3.42. The molecule has 2 aromatic rings. The van der Waals surface area contributed by atoms with E-state index < -0.39 is 28.2 Å². The zero-order valence-corrected chi connectivity index (χ0v) is 14.9. The molecule has 0 aliphatic heterocycles.